The molecule has 0 aromatic heterocycles. The van der Waals surface area contributed by atoms with Crippen molar-refractivity contribution < 1.29 is 43.2 Å². The maximum absolute atomic E-state index is 14.0. The average Bonchev–Trinajstić information content (AvgIpc) is 3.76. The largest absolute Gasteiger partial charge is 0.493 e. The Morgan fingerprint density at radius 2 is 1.62 bits per heavy atom. The Morgan fingerprint density at radius 3 is 2.31 bits per heavy atom. The maximum Gasteiger partial charge on any atom is 0.416 e. The molecule has 6 rings (SSSR count). The second-order valence-corrected chi connectivity index (χ2v) is 16.5. The topological polar surface area (TPSA) is 152 Å². The minimum Gasteiger partial charge on any atom is -0.493 e. The van der Waals surface area contributed by atoms with Gasteiger partial charge < -0.3 is 38.6 Å². The third-order valence-corrected chi connectivity index (χ3v) is 12.5. The standard InChI is InChI=1S/C42H47N5O9S2/c1-8-10-12-43-38(9-2)58-57-27(5)24-56-42(51)47-32-20-37(35(53-7)18-30(32)40(49)46-23-26(4)16-33(46)41(47)50)55-14-11-13-54-36-19-31-29(17-34(36)52-6)39(48)45-22-25(3)15-28(45)21-44-31/h8-10,12,17-21,27-28,33,41,50H,1-4,11,13-16,22-24H2,5-7H3/b12-10-,43-38+/t27?,28?,33-,41?/m0/s1. The van der Waals surface area contributed by atoms with Crippen LogP contribution < -0.4 is 23.8 Å². The number of carbonyl (C=O) groups is 3. The molecule has 0 saturated carbocycles. The van der Waals surface area contributed by atoms with E-state index in [1.807, 2.05) is 6.92 Å². The fraction of sp³-hybridized carbons (Fsp3) is 0.357. The molecule has 2 fully saturated rings. The van der Waals surface area contributed by atoms with Gasteiger partial charge in [-0.05, 0) is 54.8 Å². The molecule has 306 valence electrons. The fourth-order valence-corrected chi connectivity index (χ4v) is 8.76. The van der Waals surface area contributed by atoms with E-state index in [0.717, 1.165) is 16.0 Å². The SMILES string of the molecule is C=C/C=C\N=C(/C=C)SSC(C)COC(=O)N1c2cc(OCCCOc3cc4c(cc3OC)C(=O)N3CC(=C)CC3C=N4)c(OC)cc2C(=O)N2CC(=C)C[C@H]2C1O. The van der Waals surface area contributed by atoms with Gasteiger partial charge in [0.1, 0.15) is 11.7 Å². The summed E-state index contributed by atoms with van der Waals surface area (Å²) in [6.45, 7) is 18.5. The number of aliphatic hydroxyl groups excluding tert-OH is 1. The Balaban J connectivity index is 1.15. The minimum absolute atomic E-state index is 0.00327. The molecule has 3 amide bonds. The number of allylic oxidation sites excluding steroid dienone is 2. The summed E-state index contributed by atoms with van der Waals surface area (Å²) in [6.07, 6.45) is 7.45. The first kappa shape index (κ1) is 42.2. The molecule has 0 spiro atoms. The number of nitrogens with zero attached hydrogens (tertiary/aromatic N) is 5. The molecule has 3 unspecified atom stereocenters. The van der Waals surface area contributed by atoms with E-state index in [9.17, 15) is 19.5 Å². The van der Waals surface area contributed by atoms with E-state index in [0.29, 0.717) is 53.6 Å². The summed E-state index contributed by atoms with van der Waals surface area (Å²) in [4.78, 5) is 54.5. The number of rotatable bonds is 15. The van der Waals surface area contributed by atoms with Crippen molar-refractivity contribution >= 4 is 62.1 Å². The summed E-state index contributed by atoms with van der Waals surface area (Å²) < 4.78 is 29.2. The number of aliphatic hydroxyl groups is 1. The van der Waals surface area contributed by atoms with Gasteiger partial charge in [-0.2, -0.15) is 0 Å². The van der Waals surface area contributed by atoms with Crippen molar-refractivity contribution in [2.24, 2.45) is 9.98 Å². The van der Waals surface area contributed by atoms with E-state index < -0.39 is 18.4 Å². The number of aliphatic imine (C=N–C) groups is 2. The third-order valence-electron chi connectivity index (χ3n) is 9.72. The van der Waals surface area contributed by atoms with Gasteiger partial charge in [-0.15, -0.1) is 0 Å². The van der Waals surface area contributed by atoms with Gasteiger partial charge in [0.25, 0.3) is 11.8 Å². The molecule has 0 radical (unpaired) electrons. The Hall–Kier alpha value is -5.45. The predicted octanol–water partition coefficient (Wildman–Crippen LogP) is 7.14. The number of ether oxygens (including phenoxy) is 5. The highest BCUT2D eigenvalue weighted by Gasteiger charge is 2.46. The van der Waals surface area contributed by atoms with Crippen LogP contribution in [0, 0.1) is 0 Å². The van der Waals surface area contributed by atoms with Crippen molar-refractivity contribution in [2.75, 3.05) is 52.0 Å². The highest BCUT2D eigenvalue weighted by molar-refractivity contribution is 8.82. The Bertz CT molecular complexity index is 2080. The summed E-state index contributed by atoms with van der Waals surface area (Å²) in [5, 5.41) is 12.2. The molecular weight excluding hydrogens is 783 g/mol. The molecule has 0 aliphatic carbocycles. The van der Waals surface area contributed by atoms with Crippen molar-refractivity contribution in [3.05, 3.63) is 97.3 Å². The first-order valence-corrected chi connectivity index (χ1v) is 20.8. The van der Waals surface area contributed by atoms with E-state index in [2.05, 4.69) is 36.3 Å². The van der Waals surface area contributed by atoms with Crippen LogP contribution in [0.5, 0.6) is 23.0 Å². The molecule has 0 bridgehead atoms. The van der Waals surface area contributed by atoms with Crippen molar-refractivity contribution in [2.45, 2.75) is 49.7 Å². The van der Waals surface area contributed by atoms with Gasteiger partial charge in [0.2, 0.25) is 0 Å². The van der Waals surface area contributed by atoms with Gasteiger partial charge >= 0.3 is 6.09 Å². The van der Waals surface area contributed by atoms with Crippen LogP contribution in [0.25, 0.3) is 0 Å². The van der Waals surface area contributed by atoms with E-state index in [-0.39, 0.29) is 72.2 Å². The van der Waals surface area contributed by atoms with Gasteiger partial charge in [0.15, 0.2) is 29.2 Å². The molecule has 4 atom stereocenters. The van der Waals surface area contributed by atoms with Crippen LogP contribution in [-0.2, 0) is 4.74 Å². The molecule has 2 aromatic rings. The molecule has 4 aliphatic rings. The number of methoxy groups -OCH3 is 2. The van der Waals surface area contributed by atoms with Gasteiger partial charge in [-0.25, -0.2) is 14.7 Å². The summed E-state index contributed by atoms with van der Waals surface area (Å²) in [7, 11) is 5.78. The highest BCUT2D eigenvalue weighted by atomic mass is 33.1. The van der Waals surface area contributed by atoms with Gasteiger partial charge in [-0.3, -0.25) is 14.6 Å². The Morgan fingerprint density at radius 1 is 0.966 bits per heavy atom. The predicted molar refractivity (Wildman–Crippen MR) is 228 cm³/mol. The average molecular weight is 830 g/mol. The van der Waals surface area contributed by atoms with Crippen molar-refractivity contribution in [1.82, 2.24) is 9.80 Å². The van der Waals surface area contributed by atoms with Crippen LogP contribution in [0.15, 0.2) is 96.1 Å². The molecule has 14 nitrogen and oxygen atoms in total. The second-order valence-electron chi connectivity index (χ2n) is 13.9. The highest BCUT2D eigenvalue weighted by Crippen LogP contribution is 2.43. The smallest absolute Gasteiger partial charge is 0.416 e. The molecule has 2 aromatic carbocycles. The number of amides is 3. The normalized spacial score (nSPS) is 20.5. The lowest BCUT2D eigenvalue weighted by Crippen LogP contribution is -2.51. The number of fused-ring (bicyclic) bond motifs is 4. The summed E-state index contributed by atoms with van der Waals surface area (Å²) in [5.74, 6) is 0.791. The van der Waals surface area contributed by atoms with Gasteiger partial charge in [0.05, 0.1) is 62.0 Å². The number of anilines is 1. The third kappa shape index (κ3) is 9.14. The van der Waals surface area contributed by atoms with E-state index in [1.165, 1.54) is 52.8 Å². The van der Waals surface area contributed by atoms with Crippen LogP contribution >= 0.6 is 21.6 Å². The number of benzene rings is 2. The maximum atomic E-state index is 14.0. The number of hydrogen-bond donors (Lipinski definition) is 1. The lowest BCUT2D eigenvalue weighted by Gasteiger charge is -2.31. The molecule has 58 heavy (non-hydrogen) atoms. The van der Waals surface area contributed by atoms with E-state index in [4.69, 9.17) is 23.7 Å². The molecule has 4 heterocycles. The Labute approximate surface area is 346 Å². The zero-order chi connectivity index (χ0) is 41.5. The zero-order valence-electron chi connectivity index (χ0n) is 32.8. The first-order chi connectivity index (χ1) is 28.0. The summed E-state index contributed by atoms with van der Waals surface area (Å²) in [6, 6.07) is 5.48. The molecule has 16 heteroatoms. The lowest BCUT2D eigenvalue weighted by molar-refractivity contribution is 0.0491. The van der Waals surface area contributed by atoms with Crippen molar-refractivity contribution in [3.8, 4) is 23.0 Å². The molecular formula is C42H47N5O9S2. The summed E-state index contributed by atoms with van der Waals surface area (Å²) >= 11 is 0. The fourth-order valence-electron chi connectivity index (χ4n) is 6.92. The van der Waals surface area contributed by atoms with Crippen molar-refractivity contribution in [1.29, 1.82) is 0 Å². The van der Waals surface area contributed by atoms with Gasteiger partial charge in [-0.1, -0.05) is 54.3 Å². The van der Waals surface area contributed by atoms with Crippen LogP contribution in [0.2, 0.25) is 0 Å². The molecule has 4 aliphatic heterocycles. The Kier molecular flexibility index (Phi) is 13.7. The van der Waals surface area contributed by atoms with Gasteiger partial charge in [0, 0.05) is 49.3 Å². The van der Waals surface area contributed by atoms with E-state index >= 15 is 0 Å². The van der Waals surface area contributed by atoms with Crippen LogP contribution in [0.4, 0.5) is 16.2 Å². The monoisotopic (exact) mass is 829 g/mol. The first-order valence-electron chi connectivity index (χ1n) is 18.6. The van der Waals surface area contributed by atoms with E-state index in [1.54, 1.807) is 47.7 Å². The number of carbonyl (C=O) groups excluding carboxylic acids is 3. The summed E-state index contributed by atoms with van der Waals surface area (Å²) in [5.41, 5.74) is 2.92. The van der Waals surface area contributed by atoms with Crippen LogP contribution in [0.1, 0.15) is 46.9 Å². The van der Waals surface area contributed by atoms with Crippen molar-refractivity contribution in [3.63, 3.8) is 0 Å². The molecule has 2 saturated heterocycles. The lowest BCUT2D eigenvalue weighted by atomic mass is 10.1. The quantitative estimate of drug-likeness (QED) is 0.0487. The number of hydrogen-bond acceptors (Lipinski definition) is 13. The van der Waals surface area contributed by atoms with Crippen LogP contribution in [-0.4, -0.2) is 115 Å². The molecule has 1 N–H and O–H groups in total. The minimum atomic E-state index is -1.44. The zero-order valence-corrected chi connectivity index (χ0v) is 34.4. The van der Waals surface area contributed by atoms with Crippen LogP contribution in [0.3, 0.4) is 0 Å². The second kappa shape index (κ2) is 18.9.